The van der Waals surface area contributed by atoms with Gasteiger partial charge in [-0.2, -0.15) is 0 Å². The van der Waals surface area contributed by atoms with Crippen LogP contribution in [0.5, 0.6) is 17.2 Å². The molecule has 2 aromatic carbocycles. The van der Waals surface area contributed by atoms with Gasteiger partial charge in [0, 0.05) is 6.21 Å². The van der Waals surface area contributed by atoms with Gasteiger partial charge in [-0.3, -0.25) is 9.79 Å². The molecule has 0 atom stereocenters. The summed E-state index contributed by atoms with van der Waals surface area (Å²) in [5.41, 5.74) is 1.05. The van der Waals surface area contributed by atoms with E-state index in [1.807, 2.05) is 18.2 Å². The summed E-state index contributed by atoms with van der Waals surface area (Å²) in [6.07, 6.45) is 22.0. The van der Waals surface area contributed by atoms with Crippen molar-refractivity contribution < 1.29 is 14.6 Å². The van der Waals surface area contributed by atoms with Gasteiger partial charge in [0.1, 0.15) is 0 Å². The fourth-order valence-corrected chi connectivity index (χ4v) is 4.46. The van der Waals surface area contributed by atoms with Gasteiger partial charge in [0.05, 0.1) is 18.9 Å². The van der Waals surface area contributed by atoms with Crippen LogP contribution in [0.3, 0.4) is 0 Å². The minimum atomic E-state index is -0.425. The zero-order chi connectivity index (χ0) is 28.0. The van der Waals surface area contributed by atoms with E-state index in [1.54, 1.807) is 18.3 Å². The molecule has 0 fully saturated rings. The molecule has 1 N–H and O–H groups in total. The maximum absolute atomic E-state index is 11.6. The summed E-state index contributed by atoms with van der Waals surface area (Å²) < 4.78 is 12.3. The Morgan fingerprint density at radius 1 is 0.641 bits per heavy atom. The van der Waals surface area contributed by atoms with Crippen molar-refractivity contribution in [2.24, 2.45) is 4.99 Å². The average Bonchev–Trinajstić information content (AvgIpc) is 3.11. The van der Waals surface area contributed by atoms with Gasteiger partial charge in [0.25, 0.3) is 0 Å². The fourth-order valence-electron chi connectivity index (χ4n) is 4.46. The molecule has 0 aromatic heterocycles. The van der Waals surface area contributed by atoms with E-state index in [1.165, 1.54) is 102 Å². The Balaban J connectivity index is 1.90. The highest BCUT2D eigenvalue weighted by Gasteiger charge is 2.07. The third kappa shape index (κ3) is 14.8. The molecule has 0 unspecified atom stereocenters. The van der Waals surface area contributed by atoms with Gasteiger partial charge < -0.3 is 14.6 Å². The van der Waals surface area contributed by atoms with Crippen LogP contribution >= 0.6 is 0 Å². The third-order valence-electron chi connectivity index (χ3n) is 6.91. The van der Waals surface area contributed by atoms with E-state index in [0.29, 0.717) is 18.9 Å². The standard InChI is InChI=1S/C34H51NO4/c1-3-5-7-9-11-13-15-17-25-38-33-24-19-29(28-35-30-20-22-31(36)32(37)23-21-30)27-34(33)39-26-18-16-14-12-10-8-6-4-2/h19-24,27-28H,3-18,25-26H2,1-2H3,(H,36,37). The van der Waals surface area contributed by atoms with E-state index in [-0.39, 0.29) is 5.75 Å². The Bertz CT molecular complexity index is 1000. The van der Waals surface area contributed by atoms with E-state index >= 15 is 0 Å². The second kappa shape index (κ2) is 21.1. The van der Waals surface area contributed by atoms with Crippen LogP contribution < -0.4 is 14.9 Å². The minimum absolute atomic E-state index is 0.286. The summed E-state index contributed by atoms with van der Waals surface area (Å²) in [6.45, 7) is 5.87. The van der Waals surface area contributed by atoms with E-state index in [4.69, 9.17) is 9.47 Å². The topological polar surface area (TPSA) is 68.1 Å². The number of hydrogen-bond acceptors (Lipinski definition) is 5. The molecule has 0 spiro atoms. The Hall–Kier alpha value is -2.82. The van der Waals surface area contributed by atoms with Crippen molar-refractivity contribution in [2.45, 2.75) is 117 Å². The molecule has 2 aromatic rings. The molecule has 39 heavy (non-hydrogen) atoms. The summed E-state index contributed by atoms with van der Waals surface area (Å²) >= 11 is 0. The second-order valence-electron chi connectivity index (χ2n) is 10.5. The molecule has 2 rings (SSSR count). The predicted molar refractivity (Wildman–Crippen MR) is 164 cm³/mol. The number of rotatable bonds is 22. The lowest BCUT2D eigenvalue weighted by atomic mass is 10.1. The molecule has 0 aliphatic carbocycles. The van der Waals surface area contributed by atoms with E-state index in [0.717, 1.165) is 29.9 Å². The molecule has 0 bridgehead atoms. The average molecular weight is 538 g/mol. The largest absolute Gasteiger partial charge is 0.504 e. The summed E-state index contributed by atoms with van der Waals surface area (Å²) in [7, 11) is 0. The molecule has 0 heterocycles. The van der Waals surface area contributed by atoms with Crippen LogP contribution in [0.25, 0.3) is 0 Å². The SMILES string of the molecule is CCCCCCCCCCOc1ccc(C=Nc2ccc(O)c(=O)cc2)cc1OCCCCCCCCCC. The smallest absolute Gasteiger partial charge is 0.220 e. The van der Waals surface area contributed by atoms with Crippen LogP contribution in [-0.4, -0.2) is 24.5 Å². The quantitative estimate of drug-likeness (QED) is 0.120. The monoisotopic (exact) mass is 537 g/mol. The lowest BCUT2D eigenvalue weighted by Crippen LogP contribution is -2.03. The minimum Gasteiger partial charge on any atom is -0.504 e. The molecule has 0 amide bonds. The van der Waals surface area contributed by atoms with Crippen molar-refractivity contribution in [3.63, 3.8) is 0 Å². The highest BCUT2D eigenvalue weighted by Crippen LogP contribution is 2.29. The van der Waals surface area contributed by atoms with E-state index < -0.39 is 5.43 Å². The van der Waals surface area contributed by atoms with Gasteiger partial charge in [0.15, 0.2) is 17.2 Å². The van der Waals surface area contributed by atoms with Crippen LogP contribution in [0, 0.1) is 0 Å². The molecule has 5 nitrogen and oxygen atoms in total. The molecular weight excluding hydrogens is 486 g/mol. The molecule has 5 heteroatoms. The number of ether oxygens (including phenoxy) is 2. The highest BCUT2D eigenvalue weighted by molar-refractivity contribution is 5.83. The number of unbranched alkanes of at least 4 members (excludes halogenated alkanes) is 14. The first-order chi connectivity index (χ1) is 19.1. The second-order valence-corrected chi connectivity index (χ2v) is 10.5. The molecule has 0 aliphatic heterocycles. The molecular formula is C34H51NO4. The van der Waals surface area contributed by atoms with Crippen LogP contribution in [0.1, 0.15) is 122 Å². The fraction of sp³-hybridized carbons (Fsp3) is 0.588. The molecule has 216 valence electrons. The zero-order valence-electron chi connectivity index (χ0n) is 24.5. The van der Waals surface area contributed by atoms with Crippen LogP contribution in [0.15, 0.2) is 52.3 Å². The number of aromatic hydroxyl groups is 1. The van der Waals surface area contributed by atoms with Gasteiger partial charge in [0.2, 0.25) is 5.43 Å². The van der Waals surface area contributed by atoms with Crippen LogP contribution in [-0.2, 0) is 0 Å². The van der Waals surface area contributed by atoms with Crippen molar-refractivity contribution in [1.82, 2.24) is 0 Å². The summed E-state index contributed by atoms with van der Waals surface area (Å²) in [5, 5.41) is 9.61. The lowest BCUT2D eigenvalue weighted by molar-refractivity contribution is 0.258. The van der Waals surface area contributed by atoms with Gasteiger partial charge in [-0.15, -0.1) is 0 Å². The first kappa shape index (κ1) is 32.4. The van der Waals surface area contributed by atoms with Crippen molar-refractivity contribution in [3.8, 4) is 17.2 Å². The maximum Gasteiger partial charge on any atom is 0.220 e. The Morgan fingerprint density at radius 2 is 1.15 bits per heavy atom. The molecule has 0 aliphatic rings. The molecule has 0 saturated carbocycles. The van der Waals surface area contributed by atoms with Crippen molar-refractivity contribution in [2.75, 3.05) is 13.2 Å². The Kier molecular flexibility index (Phi) is 17.5. The van der Waals surface area contributed by atoms with Gasteiger partial charge >= 0.3 is 0 Å². The number of nitrogens with zero attached hydrogens (tertiary/aromatic N) is 1. The van der Waals surface area contributed by atoms with Crippen molar-refractivity contribution in [1.29, 1.82) is 0 Å². The van der Waals surface area contributed by atoms with E-state index in [2.05, 4.69) is 18.8 Å². The van der Waals surface area contributed by atoms with Gasteiger partial charge in [-0.25, -0.2) is 0 Å². The first-order valence-electron chi connectivity index (χ1n) is 15.4. The Morgan fingerprint density at radius 3 is 1.74 bits per heavy atom. The predicted octanol–water partition coefficient (Wildman–Crippen LogP) is 9.54. The zero-order valence-corrected chi connectivity index (χ0v) is 24.5. The van der Waals surface area contributed by atoms with E-state index in [9.17, 15) is 9.90 Å². The maximum atomic E-state index is 11.6. The van der Waals surface area contributed by atoms with Crippen molar-refractivity contribution >= 4 is 11.9 Å². The normalized spacial score (nSPS) is 11.2. The van der Waals surface area contributed by atoms with Crippen molar-refractivity contribution in [3.05, 3.63) is 58.3 Å². The summed E-state index contributed by atoms with van der Waals surface area (Å²) in [5.74, 6) is 1.24. The highest BCUT2D eigenvalue weighted by atomic mass is 16.5. The van der Waals surface area contributed by atoms with Gasteiger partial charge in [-0.05, 0) is 60.9 Å². The Labute approximate surface area is 236 Å². The van der Waals surface area contributed by atoms with Gasteiger partial charge in [-0.1, -0.05) is 104 Å². The molecule has 0 radical (unpaired) electrons. The summed E-state index contributed by atoms with van der Waals surface area (Å²) in [6, 6.07) is 11.8. The summed E-state index contributed by atoms with van der Waals surface area (Å²) in [4.78, 5) is 16.1. The lowest BCUT2D eigenvalue weighted by Gasteiger charge is -2.14. The number of hydrogen-bond donors (Lipinski definition) is 1. The molecule has 0 saturated heterocycles. The number of benzene rings is 1. The third-order valence-corrected chi connectivity index (χ3v) is 6.91. The van der Waals surface area contributed by atoms with Crippen LogP contribution in [0.2, 0.25) is 0 Å². The van der Waals surface area contributed by atoms with Crippen LogP contribution in [0.4, 0.5) is 5.69 Å². The first-order valence-corrected chi connectivity index (χ1v) is 15.4. The number of aliphatic imine (C=N–C) groups is 1.